The number of para-hydroxylation sites is 1. The second kappa shape index (κ2) is 7.64. The summed E-state index contributed by atoms with van der Waals surface area (Å²) < 4.78 is 7.20. The average Bonchev–Trinajstić information content (AvgIpc) is 2.45. The van der Waals surface area contributed by atoms with Crippen LogP contribution in [0.25, 0.3) is 0 Å². The number of rotatable bonds is 6. The van der Waals surface area contributed by atoms with Crippen molar-refractivity contribution in [2.45, 2.75) is 33.0 Å². The summed E-state index contributed by atoms with van der Waals surface area (Å²) in [7, 11) is 0. The molecule has 0 atom stereocenters. The van der Waals surface area contributed by atoms with Crippen LogP contribution in [0.3, 0.4) is 0 Å². The van der Waals surface area contributed by atoms with E-state index in [0.717, 1.165) is 12.3 Å². The van der Waals surface area contributed by atoms with Crippen molar-refractivity contribution >= 4 is 22.6 Å². The molecule has 0 fully saturated rings. The molecule has 2 rings (SSSR count). The van der Waals surface area contributed by atoms with Crippen LogP contribution in [0.1, 0.15) is 25.0 Å². The molecule has 1 N–H and O–H groups in total. The average molecular weight is 381 g/mol. The van der Waals surface area contributed by atoms with Crippen LogP contribution in [-0.2, 0) is 13.2 Å². The molecular formula is C17H20INO. The molecule has 2 aromatic carbocycles. The Bertz CT molecular complexity index is 537. The Hall–Kier alpha value is -1.07. The van der Waals surface area contributed by atoms with Crippen LogP contribution in [0, 0.1) is 3.57 Å². The number of benzene rings is 2. The van der Waals surface area contributed by atoms with Crippen LogP contribution in [0.2, 0.25) is 0 Å². The minimum absolute atomic E-state index is 0.472. The lowest BCUT2D eigenvalue weighted by molar-refractivity contribution is 0.302. The van der Waals surface area contributed by atoms with Gasteiger partial charge in [-0.3, -0.25) is 0 Å². The Morgan fingerprint density at radius 2 is 1.75 bits per heavy atom. The molecule has 0 radical (unpaired) electrons. The van der Waals surface area contributed by atoms with E-state index in [2.05, 4.69) is 78.2 Å². The van der Waals surface area contributed by atoms with Gasteiger partial charge in [0, 0.05) is 21.7 Å². The van der Waals surface area contributed by atoms with Crippen LogP contribution in [0.15, 0.2) is 48.5 Å². The van der Waals surface area contributed by atoms with Crippen molar-refractivity contribution in [3.05, 3.63) is 63.2 Å². The van der Waals surface area contributed by atoms with Crippen molar-refractivity contribution in [1.29, 1.82) is 0 Å². The summed E-state index contributed by atoms with van der Waals surface area (Å²) in [6.07, 6.45) is 0. The van der Waals surface area contributed by atoms with E-state index in [0.29, 0.717) is 12.6 Å². The van der Waals surface area contributed by atoms with Crippen LogP contribution >= 0.6 is 22.6 Å². The summed E-state index contributed by atoms with van der Waals surface area (Å²) in [5.41, 5.74) is 2.39. The maximum absolute atomic E-state index is 5.95. The Morgan fingerprint density at radius 3 is 2.45 bits per heavy atom. The molecule has 2 aromatic rings. The lowest BCUT2D eigenvalue weighted by atomic mass is 10.2. The van der Waals surface area contributed by atoms with Crippen LogP contribution in [0.4, 0.5) is 0 Å². The SMILES string of the molecule is CC(C)NCc1ccccc1OCc1ccc(I)cc1. The van der Waals surface area contributed by atoms with E-state index in [4.69, 9.17) is 4.74 Å². The van der Waals surface area contributed by atoms with Crippen LogP contribution in [-0.4, -0.2) is 6.04 Å². The molecule has 0 aliphatic heterocycles. The van der Waals surface area contributed by atoms with Crippen LogP contribution in [0.5, 0.6) is 5.75 Å². The van der Waals surface area contributed by atoms with Gasteiger partial charge in [-0.05, 0) is 46.4 Å². The zero-order valence-corrected chi connectivity index (χ0v) is 14.1. The summed E-state index contributed by atoms with van der Waals surface area (Å²) in [6, 6.07) is 17.1. The summed E-state index contributed by atoms with van der Waals surface area (Å²) in [5.74, 6) is 0.958. The molecule has 0 saturated heterocycles. The number of hydrogen-bond donors (Lipinski definition) is 1. The molecule has 0 amide bonds. The number of nitrogens with one attached hydrogen (secondary N) is 1. The highest BCUT2D eigenvalue weighted by Gasteiger charge is 2.04. The van der Waals surface area contributed by atoms with Crippen molar-refractivity contribution < 1.29 is 4.74 Å². The first kappa shape index (κ1) is 15.3. The van der Waals surface area contributed by atoms with Crippen molar-refractivity contribution in [2.75, 3.05) is 0 Å². The van der Waals surface area contributed by atoms with Gasteiger partial charge in [-0.1, -0.05) is 44.2 Å². The van der Waals surface area contributed by atoms with E-state index in [-0.39, 0.29) is 0 Å². The van der Waals surface area contributed by atoms with Gasteiger partial charge in [0.15, 0.2) is 0 Å². The summed E-state index contributed by atoms with van der Waals surface area (Å²) in [4.78, 5) is 0. The Labute approximate surface area is 134 Å². The largest absolute Gasteiger partial charge is 0.489 e. The summed E-state index contributed by atoms with van der Waals surface area (Å²) in [5, 5.41) is 3.43. The molecule has 0 aromatic heterocycles. The van der Waals surface area contributed by atoms with Crippen LogP contribution < -0.4 is 10.1 Å². The van der Waals surface area contributed by atoms with Gasteiger partial charge in [-0.15, -0.1) is 0 Å². The highest BCUT2D eigenvalue weighted by atomic mass is 127. The maximum Gasteiger partial charge on any atom is 0.124 e. The number of halogens is 1. The highest BCUT2D eigenvalue weighted by molar-refractivity contribution is 14.1. The maximum atomic E-state index is 5.95. The second-order valence-corrected chi connectivity index (χ2v) is 6.30. The predicted octanol–water partition coefficient (Wildman–Crippen LogP) is 4.37. The fraction of sp³-hybridized carbons (Fsp3) is 0.294. The van der Waals surface area contributed by atoms with E-state index >= 15 is 0 Å². The zero-order chi connectivity index (χ0) is 14.4. The Morgan fingerprint density at radius 1 is 1.05 bits per heavy atom. The van der Waals surface area contributed by atoms with Gasteiger partial charge in [0.25, 0.3) is 0 Å². The minimum atomic E-state index is 0.472. The molecule has 0 aliphatic rings. The van der Waals surface area contributed by atoms with Gasteiger partial charge in [-0.25, -0.2) is 0 Å². The first-order valence-corrected chi connectivity index (χ1v) is 7.91. The lowest BCUT2D eigenvalue weighted by Gasteiger charge is -2.13. The fourth-order valence-electron chi connectivity index (χ4n) is 1.85. The Kier molecular flexibility index (Phi) is 5.86. The quantitative estimate of drug-likeness (QED) is 0.751. The van der Waals surface area contributed by atoms with E-state index in [1.807, 2.05) is 12.1 Å². The van der Waals surface area contributed by atoms with Gasteiger partial charge >= 0.3 is 0 Å². The Balaban J connectivity index is 1.99. The summed E-state index contributed by atoms with van der Waals surface area (Å²) >= 11 is 2.31. The number of hydrogen-bond acceptors (Lipinski definition) is 2. The standard InChI is InChI=1S/C17H20INO/c1-13(2)19-11-15-5-3-4-6-17(15)20-12-14-7-9-16(18)10-8-14/h3-10,13,19H,11-12H2,1-2H3. The van der Waals surface area contributed by atoms with Crippen molar-refractivity contribution in [3.8, 4) is 5.75 Å². The van der Waals surface area contributed by atoms with E-state index in [9.17, 15) is 0 Å². The molecule has 0 unspecified atom stereocenters. The number of ether oxygens (including phenoxy) is 1. The van der Waals surface area contributed by atoms with Crippen molar-refractivity contribution in [1.82, 2.24) is 5.32 Å². The molecule has 3 heteroatoms. The van der Waals surface area contributed by atoms with Gasteiger partial charge in [0.1, 0.15) is 12.4 Å². The molecule has 0 bridgehead atoms. The van der Waals surface area contributed by atoms with Gasteiger partial charge < -0.3 is 10.1 Å². The predicted molar refractivity (Wildman–Crippen MR) is 91.9 cm³/mol. The third-order valence-electron chi connectivity index (χ3n) is 2.98. The lowest BCUT2D eigenvalue weighted by Crippen LogP contribution is -2.22. The fourth-order valence-corrected chi connectivity index (χ4v) is 2.21. The smallest absolute Gasteiger partial charge is 0.124 e. The topological polar surface area (TPSA) is 21.3 Å². The normalized spacial score (nSPS) is 10.8. The molecule has 0 aliphatic carbocycles. The minimum Gasteiger partial charge on any atom is -0.489 e. The monoisotopic (exact) mass is 381 g/mol. The molecule has 0 spiro atoms. The van der Waals surface area contributed by atoms with Gasteiger partial charge in [-0.2, -0.15) is 0 Å². The van der Waals surface area contributed by atoms with E-state index in [1.54, 1.807) is 0 Å². The second-order valence-electron chi connectivity index (χ2n) is 5.06. The molecule has 2 nitrogen and oxygen atoms in total. The molecular weight excluding hydrogens is 361 g/mol. The van der Waals surface area contributed by atoms with Gasteiger partial charge in [0.2, 0.25) is 0 Å². The van der Waals surface area contributed by atoms with E-state index < -0.39 is 0 Å². The molecule has 20 heavy (non-hydrogen) atoms. The van der Waals surface area contributed by atoms with Crippen molar-refractivity contribution in [2.24, 2.45) is 0 Å². The third-order valence-corrected chi connectivity index (χ3v) is 3.70. The molecule has 106 valence electrons. The molecule has 0 saturated carbocycles. The summed E-state index contributed by atoms with van der Waals surface area (Å²) in [6.45, 7) is 5.74. The first-order valence-electron chi connectivity index (χ1n) is 6.83. The zero-order valence-electron chi connectivity index (χ0n) is 11.9. The highest BCUT2D eigenvalue weighted by Crippen LogP contribution is 2.19. The molecule has 0 heterocycles. The van der Waals surface area contributed by atoms with Gasteiger partial charge in [0.05, 0.1) is 0 Å². The van der Waals surface area contributed by atoms with E-state index in [1.165, 1.54) is 14.7 Å². The third kappa shape index (κ3) is 4.80. The van der Waals surface area contributed by atoms with Crippen molar-refractivity contribution in [3.63, 3.8) is 0 Å². The first-order chi connectivity index (χ1) is 9.65.